The van der Waals surface area contributed by atoms with Crippen molar-refractivity contribution in [3.05, 3.63) is 84.2 Å². The molecule has 4 aromatic rings. The van der Waals surface area contributed by atoms with Gasteiger partial charge in [0.15, 0.2) is 0 Å². The van der Waals surface area contributed by atoms with Crippen LogP contribution in [0.5, 0.6) is 0 Å². The lowest BCUT2D eigenvalue weighted by atomic mass is 9.95. The van der Waals surface area contributed by atoms with E-state index in [9.17, 15) is 4.39 Å². The SMILES string of the molecule is C=C(N)c1c(-c2ccc(F)cc2)oc2c(C)c(N(C)C)c(-c3ccccc3)cc12. The Balaban J connectivity index is 2.10. The Morgan fingerprint density at radius 2 is 1.66 bits per heavy atom. The van der Waals surface area contributed by atoms with Crippen molar-refractivity contribution in [3.63, 3.8) is 0 Å². The maximum absolute atomic E-state index is 13.4. The second kappa shape index (κ2) is 7.13. The summed E-state index contributed by atoms with van der Waals surface area (Å²) in [4.78, 5) is 2.09. The second-order valence-corrected chi connectivity index (χ2v) is 7.37. The maximum atomic E-state index is 13.4. The zero-order valence-corrected chi connectivity index (χ0v) is 16.8. The van der Waals surface area contributed by atoms with Crippen LogP contribution in [0, 0.1) is 12.7 Å². The van der Waals surface area contributed by atoms with Gasteiger partial charge in [-0.3, -0.25) is 0 Å². The van der Waals surface area contributed by atoms with E-state index >= 15 is 0 Å². The molecule has 0 amide bonds. The van der Waals surface area contributed by atoms with Crippen molar-refractivity contribution < 1.29 is 8.81 Å². The Morgan fingerprint density at radius 3 is 2.24 bits per heavy atom. The molecule has 0 aliphatic carbocycles. The van der Waals surface area contributed by atoms with Gasteiger partial charge in [-0.1, -0.05) is 36.9 Å². The third-order valence-electron chi connectivity index (χ3n) is 5.14. The van der Waals surface area contributed by atoms with Crippen LogP contribution in [0.15, 0.2) is 71.7 Å². The van der Waals surface area contributed by atoms with Gasteiger partial charge in [0.2, 0.25) is 0 Å². The number of anilines is 1. The molecule has 0 spiro atoms. The van der Waals surface area contributed by atoms with Crippen molar-refractivity contribution in [1.29, 1.82) is 0 Å². The van der Waals surface area contributed by atoms with Gasteiger partial charge in [-0.05, 0) is 42.8 Å². The predicted octanol–water partition coefficient (Wildman–Crippen LogP) is 6.21. The minimum Gasteiger partial charge on any atom is -0.455 e. The summed E-state index contributed by atoms with van der Waals surface area (Å²) in [6, 6.07) is 18.6. The van der Waals surface area contributed by atoms with Crippen LogP contribution in [-0.4, -0.2) is 14.1 Å². The number of fused-ring (bicyclic) bond motifs is 1. The Hall–Kier alpha value is -3.53. The first-order chi connectivity index (χ1) is 13.9. The highest BCUT2D eigenvalue weighted by atomic mass is 19.1. The van der Waals surface area contributed by atoms with Gasteiger partial charge in [0.1, 0.15) is 17.2 Å². The molecule has 1 heterocycles. The van der Waals surface area contributed by atoms with Crippen LogP contribution in [0.3, 0.4) is 0 Å². The minimum atomic E-state index is -0.296. The van der Waals surface area contributed by atoms with E-state index in [0.717, 1.165) is 44.5 Å². The molecule has 0 aliphatic rings. The van der Waals surface area contributed by atoms with Crippen LogP contribution in [0.4, 0.5) is 10.1 Å². The van der Waals surface area contributed by atoms with Crippen LogP contribution in [0.25, 0.3) is 39.1 Å². The average molecular weight is 386 g/mol. The largest absolute Gasteiger partial charge is 0.455 e. The molecule has 0 unspecified atom stereocenters. The van der Waals surface area contributed by atoms with E-state index in [1.54, 1.807) is 12.1 Å². The van der Waals surface area contributed by atoms with Crippen molar-refractivity contribution in [2.24, 2.45) is 5.73 Å². The standard InChI is InChI=1S/C25H23FN2O/c1-15-23(28(3)4)20(17-8-6-5-7-9-17)14-21-22(16(2)27)25(29-24(15)21)18-10-12-19(26)13-11-18/h5-14H,2,27H2,1,3-4H3. The molecule has 2 N–H and O–H groups in total. The fourth-order valence-electron chi connectivity index (χ4n) is 3.92. The molecule has 4 rings (SSSR count). The maximum Gasteiger partial charge on any atom is 0.144 e. The molecule has 3 aromatic carbocycles. The molecular weight excluding hydrogens is 363 g/mol. The summed E-state index contributed by atoms with van der Waals surface area (Å²) in [5.41, 5.74) is 13.2. The Kier molecular flexibility index (Phi) is 4.63. The zero-order chi connectivity index (χ0) is 20.7. The Morgan fingerprint density at radius 1 is 1.00 bits per heavy atom. The molecule has 146 valence electrons. The van der Waals surface area contributed by atoms with Gasteiger partial charge in [-0.2, -0.15) is 0 Å². The van der Waals surface area contributed by atoms with Crippen LogP contribution in [0.1, 0.15) is 11.1 Å². The van der Waals surface area contributed by atoms with Crippen molar-refractivity contribution >= 4 is 22.4 Å². The monoisotopic (exact) mass is 386 g/mol. The first-order valence-electron chi connectivity index (χ1n) is 9.42. The minimum absolute atomic E-state index is 0.296. The molecule has 4 heteroatoms. The molecule has 0 saturated heterocycles. The number of halogens is 1. The molecule has 0 bridgehead atoms. The van der Waals surface area contributed by atoms with Gasteiger partial charge in [0.05, 0.1) is 11.3 Å². The summed E-state index contributed by atoms with van der Waals surface area (Å²) in [7, 11) is 4.04. The van der Waals surface area contributed by atoms with Crippen LogP contribution in [-0.2, 0) is 0 Å². The normalized spacial score (nSPS) is 11.0. The zero-order valence-electron chi connectivity index (χ0n) is 16.8. The number of hydrogen-bond donors (Lipinski definition) is 1. The van der Waals surface area contributed by atoms with E-state index in [0.29, 0.717) is 11.5 Å². The lowest BCUT2D eigenvalue weighted by molar-refractivity contribution is 0.621. The molecular formula is C25H23FN2O. The van der Waals surface area contributed by atoms with Crippen LogP contribution in [0.2, 0.25) is 0 Å². The first-order valence-corrected chi connectivity index (χ1v) is 9.42. The van der Waals surface area contributed by atoms with E-state index in [-0.39, 0.29) is 5.82 Å². The van der Waals surface area contributed by atoms with E-state index in [1.807, 2.05) is 39.2 Å². The number of hydrogen-bond acceptors (Lipinski definition) is 3. The lowest BCUT2D eigenvalue weighted by Gasteiger charge is -2.21. The molecule has 3 nitrogen and oxygen atoms in total. The number of rotatable bonds is 4. The average Bonchev–Trinajstić information content (AvgIpc) is 3.09. The van der Waals surface area contributed by atoms with Gasteiger partial charge in [-0.25, -0.2) is 4.39 Å². The summed E-state index contributed by atoms with van der Waals surface area (Å²) in [6.45, 7) is 6.02. The number of nitrogens with zero attached hydrogens (tertiary/aromatic N) is 1. The molecule has 29 heavy (non-hydrogen) atoms. The molecule has 0 fully saturated rings. The number of aryl methyl sites for hydroxylation is 1. The summed E-state index contributed by atoms with van der Waals surface area (Å²) >= 11 is 0. The van der Waals surface area contributed by atoms with Crippen molar-refractivity contribution in [2.75, 3.05) is 19.0 Å². The topological polar surface area (TPSA) is 42.4 Å². The summed E-state index contributed by atoms with van der Waals surface area (Å²) < 4.78 is 19.7. The van der Waals surface area contributed by atoms with E-state index in [1.165, 1.54) is 12.1 Å². The van der Waals surface area contributed by atoms with Gasteiger partial charge in [0, 0.05) is 41.9 Å². The molecule has 0 radical (unpaired) electrons. The quantitative estimate of drug-likeness (QED) is 0.453. The van der Waals surface area contributed by atoms with E-state index in [4.69, 9.17) is 10.2 Å². The summed E-state index contributed by atoms with van der Waals surface area (Å²) in [6.07, 6.45) is 0. The smallest absolute Gasteiger partial charge is 0.144 e. The lowest BCUT2D eigenvalue weighted by Crippen LogP contribution is -2.12. The Labute approximate surface area is 169 Å². The fourth-order valence-corrected chi connectivity index (χ4v) is 3.92. The second-order valence-electron chi connectivity index (χ2n) is 7.37. The van der Waals surface area contributed by atoms with Crippen molar-refractivity contribution in [3.8, 4) is 22.5 Å². The predicted molar refractivity (Wildman–Crippen MR) is 119 cm³/mol. The van der Waals surface area contributed by atoms with E-state index < -0.39 is 0 Å². The fraction of sp³-hybridized carbons (Fsp3) is 0.120. The van der Waals surface area contributed by atoms with E-state index in [2.05, 4.69) is 29.7 Å². The van der Waals surface area contributed by atoms with Gasteiger partial charge in [0.25, 0.3) is 0 Å². The highest BCUT2D eigenvalue weighted by molar-refractivity contribution is 6.04. The third kappa shape index (κ3) is 3.17. The van der Waals surface area contributed by atoms with Crippen molar-refractivity contribution in [2.45, 2.75) is 6.92 Å². The number of benzene rings is 3. The highest BCUT2D eigenvalue weighted by Crippen LogP contribution is 2.44. The Bertz CT molecular complexity index is 1210. The van der Waals surface area contributed by atoms with Gasteiger partial charge in [-0.15, -0.1) is 0 Å². The summed E-state index contributed by atoms with van der Waals surface area (Å²) in [5.74, 6) is 0.306. The van der Waals surface area contributed by atoms with Crippen LogP contribution < -0.4 is 10.6 Å². The van der Waals surface area contributed by atoms with Crippen LogP contribution >= 0.6 is 0 Å². The molecule has 0 aliphatic heterocycles. The molecule has 0 atom stereocenters. The molecule has 1 aromatic heterocycles. The number of furan rings is 1. The van der Waals surface area contributed by atoms with Gasteiger partial charge < -0.3 is 15.1 Å². The number of nitrogens with two attached hydrogens (primary N) is 1. The van der Waals surface area contributed by atoms with Gasteiger partial charge >= 0.3 is 0 Å². The molecule has 0 saturated carbocycles. The highest BCUT2D eigenvalue weighted by Gasteiger charge is 2.23. The first kappa shape index (κ1) is 18.8. The summed E-state index contributed by atoms with van der Waals surface area (Å²) in [5, 5.41) is 0.902. The third-order valence-corrected chi connectivity index (χ3v) is 5.14. The van der Waals surface area contributed by atoms with Crippen molar-refractivity contribution in [1.82, 2.24) is 0 Å².